The molecule has 0 aromatic heterocycles. The zero-order valence-electron chi connectivity index (χ0n) is 14.5. The number of rotatable bonds is 9. The molecule has 4 radical (unpaired) electrons. The average Bonchev–Trinajstić information content (AvgIpc) is 2.38. The van der Waals surface area contributed by atoms with Gasteiger partial charge in [-0.2, -0.15) is 0 Å². The number of halogens is 1. The van der Waals surface area contributed by atoms with Crippen molar-refractivity contribution in [2.45, 2.75) is 65.7 Å². The van der Waals surface area contributed by atoms with Crippen LogP contribution in [0.4, 0.5) is 0 Å². The molecule has 1 atom stereocenters. The Morgan fingerprint density at radius 1 is 1.00 bits per heavy atom. The summed E-state index contributed by atoms with van der Waals surface area (Å²) in [5, 5.41) is 0. The van der Waals surface area contributed by atoms with Crippen LogP contribution in [0.25, 0.3) is 0 Å². The molecule has 3 heteroatoms. The predicted molar refractivity (Wildman–Crippen MR) is 92.0 cm³/mol. The molecule has 0 N–H and O–H groups in total. The molecular formula is C18H36BrNSn. The summed E-state index contributed by atoms with van der Waals surface area (Å²) in [5.74, 6) is 1.77. The summed E-state index contributed by atoms with van der Waals surface area (Å²) in [4.78, 5) is 0. The standard InChI is InChI=1S/C18H36N.BrH.Sn/c1-5-13-19(14-7-6-8-15-19)16-12-18(4)11-9-10-17(2)3;;/h5,17-18H,1,6-16H2,2-4H3;1H;/q+1;;/p-1. The monoisotopic (exact) mass is 465 g/mol. The van der Waals surface area contributed by atoms with Crippen LogP contribution in [0.3, 0.4) is 0 Å². The summed E-state index contributed by atoms with van der Waals surface area (Å²) in [6.07, 6.45) is 12.1. The van der Waals surface area contributed by atoms with Gasteiger partial charge >= 0.3 is 0 Å². The molecule has 0 aliphatic carbocycles. The van der Waals surface area contributed by atoms with Crippen LogP contribution in [0, 0.1) is 11.8 Å². The van der Waals surface area contributed by atoms with Crippen LogP contribution in [0.5, 0.6) is 0 Å². The molecule has 1 rings (SSSR count). The molecule has 0 aromatic rings. The fourth-order valence-electron chi connectivity index (χ4n) is 3.47. The molecule has 1 heterocycles. The van der Waals surface area contributed by atoms with E-state index in [1.54, 1.807) is 0 Å². The van der Waals surface area contributed by atoms with Gasteiger partial charge < -0.3 is 21.5 Å². The van der Waals surface area contributed by atoms with Crippen LogP contribution in [-0.2, 0) is 0 Å². The third kappa shape index (κ3) is 10.4. The van der Waals surface area contributed by atoms with Crippen molar-refractivity contribution >= 4 is 23.9 Å². The molecule has 124 valence electrons. The van der Waals surface area contributed by atoms with Crippen LogP contribution in [0.15, 0.2) is 12.7 Å². The summed E-state index contributed by atoms with van der Waals surface area (Å²) < 4.78 is 1.33. The molecule has 21 heavy (non-hydrogen) atoms. The molecule has 0 bridgehead atoms. The number of hydrogen-bond donors (Lipinski definition) is 0. The SMILES string of the molecule is C=CC[N+]1(CCC(C)CCCC(C)C)CCCCC1.[Br-].[Sn]. The van der Waals surface area contributed by atoms with Gasteiger partial charge in [0.05, 0.1) is 26.2 Å². The van der Waals surface area contributed by atoms with Crippen molar-refractivity contribution in [2.75, 3.05) is 26.2 Å². The number of piperidine rings is 1. The first kappa shape index (κ1) is 24.2. The van der Waals surface area contributed by atoms with Crippen molar-refractivity contribution in [1.29, 1.82) is 0 Å². The smallest absolute Gasteiger partial charge is 0.0971 e. The topological polar surface area (TPSA) is 0 Å². The summed E-state index contributed by atoms with van der Waals surface area (Å²) >= 11 is 0. The van der Waals surface area contributed by atoms with Crippen molar-refractivity contribution < 1.29 is 21.5 Å². The quantitative estimate of drug-likeness (QED) is 0.276. The molecule has 1 saturated heterocycles. The van der Waals surface area contributed by atoms with Crippen LogP contribution in [-0.4, -0.2) is 54.6 Å². The normalized spacial score (nSPS) is 18.5. The van der Waals surface area contributed by atoms with Gasteiger partial charge in [-0.25, -0.2) is 0 Å². The molecule has 1 fully saturated rings. The van der Waals surface area contributed by atoms with Crippen LogP contribution < -0.4 is 17.0 Å². The Kier molecular flexibility index (Phi) is 15.5. The molecule has 0 saturated carbocycles. The Morgan fingerprint density at radius 3 is 2.14 bits per heavy atom. The largest absolute Gasteiger partial charge is 1.00 e. The summed E-state index contributed by atoms with van der Waals surface area (Å²) in [6, 6.07) is 0. The zero-order chi connectivity index (χ0) is 14.1. The van der Waals surface area contributed by atoms with Gasteiger partial charge in [0.25, 0.3) is 0 Å². The first-order chi connectivity index (χ1) is 9.08. The zero-order valence-corrected chi connectivity index (χ0v) is 19.0. The molecule has 0 amide bonds. The fourth-order valence-corrected chi connectivity index (χ4v) is 3.47. The van der Waals surface area contributed by atoms with E-state index in [1.807, 2.05) is 0 Å². The Morgan fingerprint density at radius 2 is 1.62 bits per heavy atom. The van der Waals surface area contributed by atoms with Crippen molar-refractivity contribution in [3.63, 3.8) is 0 Å². The number of nitrogens with zero attached hydrogens (tertiary/aromatic N) is 1. The summed E-state index contributed by atoms with van der Waals surface area (Å²) in [6.45, 7) is 16.5. The van der Waals surface area contributed by atoms with Gasteiger partial charge in [0.1, 0.15) is 0 Å². The van der Waals surface area contributed by atoms with Gasteiger partial charge in [-0.1, -0.05) is 46.6 Å². The molecule has 1 nitrogen and oxygen atoms in total. The van der Waals surface area contributed by atoms with Gasteiger partial charge in [-0.05, 0) is 43.6 Å². The number of likely N-dealkylation sites (tertiary alicyclic amines) is 1. The first-order valence-corrected chi connectivity index (χ1v) is 8.54. The van der Waals surface area contributed by atoms with Crippen molar-refractivity contribution in [3.8, 4) is 0 Å². The van der Waals surface area contributed by atoms with Gasteiger partial charge in [-0.3, -0.25) is 0 Å². The molecule has 1 unspecified atom stereocenters. The Hall–Kier alpha value is 0.979. The summed E-state index contributed by atoms with van der Waals surface area (Å²) in [5.41, 5.74) is 0. The maximum atomic E-state index is 3.98. The van der Waals surface area contributed by atoms with Crippen LogP contribution in [0.2, 0.25) is 0 Å². The van der Waals surface area contributed by atoms with Crippen molar-refractivity contribution in [1.82, 2.24) is 0 Å². The number of quaternary nitrogens is 1. The van der Waals surface area contributed by atoms with E-state index < -0.39 is 0 Å². The van der Waals surface area contributed by atoms with Gasteiger partial charge in [0, 0.05) is 23.9 Å². The van der Waals surface area contributed by atoms with Crippen LogP contribution in [0.1, 0.15) is 65.7 Å². The van der Waals surface area contributed by atoms with Crippen LogP contribution >= 0.6 is 0 Å². The second kappa shape index (κ2) is 13.4. The minimum Gasteiger partial charge on any atom is -1.00 e. The van der Waals surface area contributed by atoms with E-state index in [2.05, 4.69) is 33.4 Å². The van der Waals surface area contributed by atoms with E-state index in [-0.39, 0.29) is 40.9 Å². The van der Waals surface area contributed by atoms with Crippen molar-refractivity contribution in [3.05, 3.63) is 12.7 Å². The Balaban J connectivity index is 0. The second-order valence-corrected chi connectivity index (χ2v) is 7.26. The first-order valence-electron chi connectivity index (χ1n) is 8.54. The van der Waals surface area contributed by atoms with Gasteiger partial charge in [-0.15, -0.1) is 0 Å². The van der Waals surface area contributed by atoms with E-state index in [9.17, 15) is 0 Å². The minimum atomic E-state index is 0. The Labute approximate surface area is 161 Å². The summed E-state index contributed by atoms with van der Waals surface area (Å²) in [7, 11) is 0. The minimum absolute atomic E-state index is 0. The fraction of sp³-hybridized carbons (Fsp3) is 0.889. The van der Waals surface area contributed by atoms with E-state index in [4.69, 9.17) is 0 Å². The average molecular weight is 465 g/mol. The van der Waals surface area contributed by atoms with E-state index >= 15 is 0 Å². The molecule has 0 spiro atoms. The molecular weight excluding hydrogens is 429 g/mol. The maximum Gasteiger partial charge on any atom is 0.0971 e. The number of hydrogen-bond acceptors (Lipinski definition) is 0. The van der Waals surface area contributed by atoms with Gasteiger partial charge in [0.2, 0.25) is 0 Å². The Bertz CT molecular complexity index is 250. The third-order valence-electron chi connectivity index (χ3n) is 4.86. The molecule has 1 aliphatic rings. The predicted octanol–water partition coefficient (Wildman–Crippen LogP) is 1.65. The molecule has 0 aromatic carbocycles. The van der Waals surface area contributed by atoms with Gasteiger partial charge in [0.15, 0.2) is 0 Å². The van der Waals surface area contributed by atoms with E-state index in [1.165, 1.54) is 75.6 Å². The van der Waals surface area contributed by atoms with E-state index in [0.29, 0.717) is 0 Å². The molecule has 1 aliphatic heterocycles. The third-order valence-corrected chi connectivity index (χ3v) is 4.86. The van der Waals surface area contributed by atoms with E-state index in [0.717, 1.165) is 11.8 Å². The second-order valence-electron chi connectivity index (χ2n) is 7.26. The maximum absolute atomic E-state index is 3.98. The van der Waals surface area contributed by atoms with Crippen molar-refractivity contribution in [2.24, 2.45) is 11.8 Å².